The molecule has 27 heavy (non-hydrogen) atoms. The van der Waals surface area contributed by atoms with Crippen molar-refractivity contribution in [3.8, 4) is 0 Å². The molecule has 140 valence electrons. The van der Waals surface area contributed by atoms with Gasteiger partial charge in [0.25, 0.3) is 0 Å². The van der Waals surface area contributed by atoms with E-state index < -0.39 is 0 Å². The van der Waals surface area contributed by atoms with Crippen LogP contribution in [0.5, 0.6) is 0 Å². The van der Waals surface area contributed by atoms with Gasteiger partial charge in [-0.25, -0.2) is 4.39 Å². The van der Waals surface area contributed by atoms with Gasteiger partial charge in [0, 0.05) is 12.2 Å². The highest BCUT2D eigenvalue weighted by Gasteiger charge is 2.17. The van der Waals surface area contributed by atoms with Crippen LogP contribution in [0.2, 0.25) is 0 Å². The third kappa shape index (κ3) is 5.23. The van der Waals surface area contributed by atoms with Gasteiger partial charge in [-0.15, -0.1) is 5.10 Å². The van der Waals surface area contributed by atoms with Crippen LogP contribution in [-0.4, -0.2) is 21.7 Å². The monoisotopic (exact) mass is 365 g/mol. The van der Waals surface area contributed by atoms with Crippen LogP contribution in [0, 0.1) is 5.82 Å². The van der Waals surface area contributed by atoms with Crippen molar-refractivity contribution in [3.05, 3.63) is 71.7 Å². The summed E-state index contributed by atoms with van der Waals surface area (Å²) in [6, 6.07) is 14.6. The number of hydrogen-bond donors (Lipinski definition) is 2. The number of rotatable bonds is 6. The smallest absolute Gasteiger partial charge is 0.244 e. The SMILES string of the molecule is CC(C)(C)c1ccccc1Nc1cnnc(NCCc2ccc(F)cc2)n1. The molecule has 0 aliphatic heterocycles. The summed E-state index contributed by atoms with van der Waals surface area (Å²) in [6.45, 7) is 7.16. The number of anilines is 3. The maximum Gasteiger partial charge on any atom is 0.244 e. The molecule has 0 unspecified atom stereocenters. The van der Waals surface area contributed by atoms with Gasteiger partial charge in [0.1, 0.15) is 5.82 Å². The van der Waals surface area contributed by atoms with Gasteiger partial charge in [-0.2, -0.15) is 10.1 Å². The summed E-state index contributed by atoms with van der Waals surface area (Å²) in [5.41, 5.74) is 3.27. The molecule has 3 aromatic rings. The number of nitrogens with zero attached hydrogens (tertiary/aromatic N) is 3. The van der Waals surface area contributed by atoms with Gasteiger partial charge in [0.15, 0.2) is 5.82 Å². The first-order valence-corrected chi connectivity index (χ1v) is 8.96. The third-order valence-electron chi connectivity index (χ3n) is 4.17. The lowest BCUT2D eigenvalue weighted by Gasteiger charge is -2.23. The lowest BCUT2D eigenvalue weighted by molar-refractivity contribution is 0.592. The minimum Gasteiger partial charge on any atom is -0.353 e. The number of halogens is 1. The predicted molar refractivity (Wildman–Crippen MR) is 107 cm³/mol. The first-order chi connectivity index (χ1) is 12.9. The molecule has 0 aliphatic rings. The van der Waals surface area contributed by atoms with Crippen LogP contribution in [0.25, 0.3) is 0 Å². The van der Waals surface area contributed by atoms with Gasteiger partial charge in [-0.1, -0.05) is 51.1 Å². The Kier molecular flexibility index (Phi) is 5.64. The topological polar surface area (TPSA) is 62.7 Å². The standard InChI is InChI=1S/C21H24FN5/c1-21(2,3)17-6-4-5-7-18(17)25-19-14-24-27-20(26-19)23-13-12-15-8-10-16(22)11-9-15/h4-11,14H,12-13H2,1-3H3,(H2,23,25,26,27). The van der Waals surface area contributed by atoms with Gasteiger partial charge in [-0.05, 0) is 41.2 Å². The lowest BCUT2D eigenvalue weighted by atomic mass is 9.86. The number of hydrogen-bond acceptors (Lipinski definition) is 5. The molecule has 0 fully saturated rings. The van der Waals surface area contributed by atoms with Crippen molar-refractivity contribution in [3.63, 3.8) is 0 Å². The molecule has 0 aliphatic carbocycles. The molecular weight excluding hydrogens is 341 g/mol. The Morgan fingerprint density at radius 3 is 2.48 bits per heavy atom. The molecule has 0 atom stereocenters. The zero-order valence-electron chi connectivity index (χ0n) is 15.8. The maximum atomic E-state index is 12.9. The molecule has 2 N–H and O–H groups in total. The van der Waals surface area contributed by atoms with E-state index in [1.54, 1.807) is 18.3 Å². The van der Waals surface area contributed by atoms with Crippen molar-refractivity contribution in [1.82, 2.24) is 15.2 Å². The van der Waals surface area contributed by atoms with Gasteiger partial charge < -0.3 is 10.6 Å². The van der Waals surface area contributed by atoms with Crippen LogP contribution in [-0.2, 0) is 11.8 Å². The van der Waals surface area contributed by atoms with Crippen molar-refractivity contribution >= 4 is 17.5 Å². The van der Waals surface area contributed by atoms with Gasteiger partial charge >= 0.3 is 0 Å². The van der Waals surface area contributed by atoms with Crippen LogP contribution in [0.3, 0.4) is 0 Å². The Bertz CT molecular complexity index is 888. The van der Waals surface area contributed by atoms with Crippen molar-refractivity contribution < 1.29 is 4.39 Å². The van der Waals surface area contributed by atoms with Crippen LogP contribution in [0.4, 0.5) is 21.8 Å². The number of benzene rings is 2. The highest BCUT2D eigenvalue weighted by Crippen LogP contribution is 2.30. The third-order valence-corrected chi connectivity index (χ3v) is 4.17. The normalized spacial score (nSPS) is 11.3. The van der Waals surface area contributed by atoms with E-state index in [2.05, 4.69) is 52.7 Å². The molecule has 2 aromatic carbocycles. The quantitative estimate of drug-likeness (QED) is 0.663. The molecule has 1 heterocycles. The zero-order valence-corrected chi connectivity index (χ0v) is 15.8. The molecule has 0 spiro atoms. The van der Waals surface area contributed by atoms with Gasteiger partial charge in [-0.3, -0.25) is 0 Å². The van der Waals surface area contributed by atoms with Crippen LogP contribution in [0.1, 0.15) is 31.9 Å². The molecule has 1 aromatic heterocycles. The highest BCUT2D eigenvalue weighted by molar-refractivity contribution is 5.62. The van der Waals surface area contributed by atoms with E-state index in [0.29, 0.717) is 18.3 Å². The van der Waals surface area contributed by atoms with Crippen molar-refractivity contribution in [2.75, 3.05) is 17.2 Å². The fraction of sp³-hybridized carbons (Fsp3) is 0.286. The zero-order chi connectivity index (χ0) is 19.3. The maximum absolute atomic E-state index is 12.9. The van der Waals surface area contributed by atoms with Crippen molar-refractivity contribution in [1.29, 1.82) is 0 Å². The van der Waals surface area contributed by atoms with Crippen LogP contribution < -0.4 is 10.6 Å². The molecule has 0 amide bonds. The lowest BCUT2D eigenvalue weighted by Crippen LogP contribution is -2.14. The molecule has 0 saturated heterocycles. The van der Waals surface area contributed by atoms with E-state index in [1.165, 1.54) is 17.7 Å². The number of para-hydroxylation sites is 1. The summed E-state index contributed by atoms with van der Waals surface area (Å²) in [7, 11) is 0. The summed E-state index contributed by atoms with van der Waals surface area (Å²) >= 11 is 0. The molecule has 3 rings (SSSR count). The van der Waals surface area contributed by atoms with E-state index in [0.717, 1.165) is 17.7 Å². The van der Waals surface area contributed by atoms with E-state index in [4.69, 9.17) is 0 Å². The molecule has 5 nitrogen and oxygen atoms in total. The average molecular weight is 365 g/mol. The molecule has 0 radical (unpaired) electrons. The van der Waals surface area contributed by atoms with Gasteiger partial charge in [0.05, 0.1) is 6.20 Å². The molecule has 6 heteroatoms. The second kappa shape index (κ2) is 8.12. The summed E-state index contributed by atoms with van der Waals surface area (Å²) in [5, 5.41) is 14.5. The number of aromatic nitrogens is 3. The molecule has 0 bridgehead atoms. The van der Waals surface area contributed by atoms with Crippen LogP contribution >= 0.6 is 0 Å². The largest absolute Gasteiger partial charge is 0.353 e. The minimum atomic E-state index is -0.228. The minimum absolute atomic E-state index is 0.0142. The first kappa shape index (κ1) is 18.8. The Morgan fingerprint density at radius 2 is 1.74 bits per heavy atom. The Morgan fingerprint density at radius 1 is 1.00 bits per heavy atom. The van der Waals surface area contributed by atoms with E-state index in [-0.39, 0.29) is 11.2 Å². The van der Waals surface area contributed by atoms with E-state index in [9.17, 15) is 4.39 Å². The number of nitrogens with one attached hydrogen (secondary N) is 2. The summed E-state index contributed by atoms with van der Waals surface area (Å²) in [6.07, 6.45) is 2.35. The molecular formula is C21H24FN5. The summed E-state index contributed by atoms with van der Waals surface area (Å²) in [4.78, 5) is 4.48. The average Bonchev–Trinajstić information content (AvgIpc) is 2.63. The molecule has 0 saturated carbocycles. The Balaban J connectivity index is 1.65. The fourth-order valence-electron chi connectivity index (χ4n) is 2.79. The highest BCUT2D eigenvalue weighted by atomic mass is 19.1. The van der Waals surface area contributed by atoms with Crippen molar-refractivity contribution in [2.24, 2.45) is 0 Å². The first-order valence-electron chi connectivity index (χ1n) is 8.96. The van der Waals surface area contributed by atoms with E-state index >= 15 is 0 Å². The fourth-order valence-corrected chi connectivity index (χ4v) is 2.79. The summed E-state index contributed by atoms with van der Waals surface area (Å²) in [5.74, 6) is 0.856. The summed E-state index contributed by atoms with van der Waals surface area (Å²) < 4.78 is 12.9. The van der Waals surface area contributed by atoms with Crippen LogP contribution in [0.15, 0.2) is 54.7 Å². The van der Waals surface area contributed by atoms with Crippen molar-refractivity contribution in [2.45, 2.75) is 32.6 Å². The van der Waals surface area contributed by atoms with Gasteiger partial charge in [0.2, 0.25) is 5.95 Å². The second-order valence-electron chi connectivity index (χ2n) is 7.39. The van der Waals surface area contributed by atoms with E-state index in [1.807, 2.05) is 18.2 Å². The Hall–Kier alpha value is -3.02. The second-order valence-corrected chi connectivity index (χ2v) is 7.39. The predicted octanol–water partition coefficient (Wildman–Crippen LogP) is 4.71. The Labute approximate surface area is 159 Å².